The first-order valence-electron chi connectivity index (χ1n) is 13.2. The van der Waals surface area contributed by atoms with Crippen LogP contribution in [-0.2, 0) is 19.1 Å². The lowest BCUT2D eigenvalue weighted by atomic mass is 9.60. The highest BCUT2D eigenvalue weighted by molar-refractivity contribution is 5.81. The van der Waals surface area contributed by atoms with E-state index >= 15 is 0 Å². The summed E-state index contributed by atoms with van der Waals surface area (Å²) in [5, 5.41) is 0. The van der Waals surface area contributed by atoms with E-state index in [2.05, 4.69) is 13.2 Å². The van der Waals surface area contributed by atoms with Gasteiger partial charge in [0.2, 0.25) is 0 Å². The Bertz CT molecular complexity index is 574. The van der Waals surface area contributed by atoms with Gasteiger partial charge in [0.05, 0.1) is 13.2 Å². The fourth-order valence-electron chi connectivity index (χ4n) is 6.03. The summed E-state index contributed by atoms with van der Waals surface area (Å²) in [4.78, 5) is 24.1. The molecule has 0 aromatic heterocycles. The average molecular weight is 447 g/mol. The van der Waals surface area contributed by atoms with E-state index in [4.69, 9.17) is 9.47 Å². The average Bonchev–Trinajstić information content (AvgIpc) is 2.83. The van der Waals surface area contributed by atoms with E-state index in [1.54, 1.807) is 0 Å². The number of hydrogen-bond acceptors (Lipinski definition) is 4. The molecule has 0 saturated heterocycles. The Morgan fingerprint density at radius 2 is 1.16 bits per heavy atom. The van der Waals surface area contributed by atoms with Gasteiger partial charge in [0.1, 0.15) is 0 Å². The highest BCUT2D eigenvalue weighted by Crippen LogP contribution is 2.49. The Morgan fingerprint density at radius 1 is 0.688 bits per heavy atom. The van der Waals surface area contributed by atoms with Crippen LogP contribution in [0.5, 0.6) is 0 Å². The molecule has 4 heteroatoms. The number of carbonyl (C=O) groups excluding carboxylic acids is 2. The summed E-state index contributed by atoms with van der Waals surface area (Å²) in [6, 6.07) is 0. The second-order valence-corrected chi connectivity index (χ2v) is 9.99. The minimum absolute atomic E-state index is 0.142. The summed E-state index contributed by atoms with van der Waals surface area (Å²) in [5.74, 6) is -0.00617. The van der Waals surface area contributed by atoms with Gasteiger partial charge in [0.25, 0.3) is 0 Å². The fraction of sp³-hybridized carbons (Fsp3) is 0.786. The maximum absolute atomic E-state index is 12.2. The molecular formula is C28H46O4. The summed E-state index contributed by atoms with van der Waals surface area (Å²) in [7, 11) is 0. The molecule has 0 bridgehead atoms. The van der Waals surface area contributed by atoms with Crippen molar-refractivity contribution in [1.82, 2.24) is 0 Å². The minimum Gasteiger partial charge on any atom is -0.462 e. The van der Waals surface area contributed by atoms with Gasteiger partial charge >= 0.3 is 11.9 Å². The van der Waals surface area contributed by atoms with Gasteiger partial charge in [-0.05, 0) is 31.6 Å². The SMILES string of the molecule is C=CC(=O)OCC1CCCCCCCCC1(COC(=O)C=C)C1CCCCCCCCC1. The number of rotatable bonds is 7. The smallest absolute Gasteiger partial charge is 0.330 e. The van der Waals surface area contributed by atoms with Gasteiger partial charge in [-0.2, -0.15) is 0 Å². The Morgan fingerprint density at radius 3 is 1.72 bits per heavy atom. The molecule has 0 N–H and O–H groups in total. The largest absolute Gasteiger partial charge is 0.462 e. The van der Waals surface area contributed by atoms with E-state index in [1.807, 2.05) is 0 Å². The van der Waals surface area contributed by atoms with Crippen LogP contribution in [0.3, 0.4) is 0 Å². The van der Waals surface area contributed by atoms with Crippen molar-refractivity contribution >= 4 is 11.9 Å². The van der Waals surface area contributed by atoms with Crippen molar-refractivity contribution in [2.45, 2.75) is 109 Å². The van der Waals surface area contributed by atoms with E-state index < -0.39 is 0 Å². The first-order valence-corrected chi connectivity index (χ1v) is 13.2. The van der Waals surface area contributed by atoms with Crippen LogP contribution in [0.1, 0.15) is 109 Å². The summed E-state index contributed by atoms with van der Waals surface area (Å²) in [6.45, 7) is 7.99. The Balaban J connectivity index is 2.37. The van der Waals surface area contributed by atoms with E-state index in [1.165, 1.54) is 95.6 Å². The molecule has 0 aromatic carbocycles. The van der Waals surface area contributed by atoms with Crippen LogP contribution < -0.4 is 0 Å². The number of ether oxygens (including phenoxy) is 2. The van der Waals surface area contributed by atoms with Crippen molar-refractivity contribution < 1.29 is 19.1 Å². The van der Waals surface area contributed by atoms with E-state index in [0.29, 0.717) is 19.1 Å². The first-order chi connectivity index (χ1) is 15.6. The van der Waals surface area contributed by atoms with Crippen molar-refractivity contribution in [2.75, 3.05) is 13.2 Å². The summed E-state index contributed by atoms with van der Waals surface area (Å²) >= 11 is 0. The zero-order valence-corrected chi connectivity index (χ0v) is 20.3. The quantitative estimate of drug-likeness (QED) is 0.303. The molecule has 2 aliphatic rings. The highest BCUT2D eigenvalue weighted by Gasteiger charge is 2.45. The van der Waals surface area contributed by atoms with E-state index in [-0.39, 0.29) is 23.3 Å². The van der Waals surface area contributed by atoms with Gasteiger partial charge in [0, 0.05) is 23.5 Å². The van der Waals surface area contributed by atoms with Crippen LogP contribution in [0.2, 0.25) is 0 Å². The van der Waals surface area contributed by atoms with E-state index in [9.17, 15) is 9.59 Å². The zero-order chi connectivity index (χ0) is 23.1. The molecular weight excluding hydrogens is 400 g/mol. The van der Waals surface area contributed by atoms with Crippen molar-refractivity contribution in [3.8, 4) is 0 Å². The fourth-order valence-corrected chi connectivity index (χ4v) is 6.03. The normalized spacial score (nSPS) is 26.9. The third kappa shape index (κ3) is 8.75. The molecule has 0 radical (unpaired) electrons. The maximum atomic E-state index is 12.2. The lowest BCUT2D eigenvalue weighted by Gasteiger charge is -2.47. The Labute approximate surface area is 196 Å². The molecule has 0 amide bonds. The van der Waals surface area contributed by atoms with Crippen LogP contribution in [0.15, 0.2) is 25.3 Å². The van der Waals surface area contributed by atoms with Gasteiger partial charge in [0.15, 0.2) is 0 Å². The summed E-state index contributed by atoms with van der Waals surface area (Å²) in [5.41, 5.74) is -0.142. The van der Waals surface area contributed by atoms with Crippen LogP contribution in [-0.4, -0.2) is 25.2 Å². The van der Waals surface area contributed by atoms with Crippen LogP contribution >= 0.6 is 0 Å². The van der Waals surface area contributed by atoms with Crippen LogP contribution in [0.25, 0.3) is 0 Å². The highest BCUT2D eigenvalue weighted by atomic mass is 16.5. The zero-order valence-electron chi connectivity index (χ0n) is 20.3. The monoisotopic (exact) mass is 446 g/mol. The van der Waals surface area contributed by atoms with Gasteiger partial charge in [-0.1, -0.05) is 96.6 Å². The lowest BCUT2D eigenvalue weighted by Crippen LogP contribution is -2.45. The summed E-state index contributed by atoms with van der Waals surface area (Å²) in [6.07, 6.45) is 23.3. The molecule has 2 rings (SSSR count). The molecule has 2 unspecified atom stereocenters. The van der Waals surface area contributed by atoms with Crippen molar-refractivity contribution in [2.24, 2.45) is 17.3 Å². The molecule has 0 aliphatic heterocycles. The van der Waals surface area contributed by atoms with Crippen molar-refractivity contribution in [3.63, 3.8) is 0 Å². The molecule has 4 nitrogen and oxygen atoms in total. The van der Waals surface area contributed by atoms with Crippen molar-refractivity contribution in [1.29, 1.82) is 0 Å². The predicted octanol–water partition coefficient (Wildman–Crippen LogP) is 7.32. The third-order valence-electron chi connectivity index (χ3n) is 7.92. The van der Waals surface area contributed by atoms with Gasteiger partial charge < -0.3 is 9.47 Å². The number of esters is 2. The first kappa shape index (κ1) is 26.7. The molecule has 32 heavy (non-hydrogen) atoms. The van der Waals surface area contributed by atoms with Crippen molar-refractivity contribution in [3.05, 3.63) is 25.3 Å². The summed E-state index contributed by atoms with van der Waals surface area (Å²) < 4.78 is 11.5. The lowest BCUT2D eigenvalue weighted by molar-refractivity contribution is -0.153. The molecule has 182 valence electrons. The van der Waals surface area contributed by atoms with Gasteiger partial charge in [-0.25, -0.2) is 9.59 Å². The van der Waals surface area contributed by atoms with Crippen LogP contribution in [0.4, 0.5) is 0 Å². The molecule has 2 aliphatic carbocycles. The molecule has 2 atom stereocenters. The number of carbonyl (C=O) groups is 2. The van der Waals surface area contributed by atoms with Crippen LogP contribution in [0, 0.1) is 17.3 Å². The maximum Gasteiger partial charge on any atom is 0.330 e. The standard InChI is InChI=1S/C28H46O4/c1-3-26(29)31-22-25-20-16-12-8-9-13-17-21-28(25,23-32-27(30)4-2)24-18-14-10-6-5-7-11-15-19-24/h3-4,24-25H,1-2,5-23H2. The predicted molar refractivity (Wildman–Crippen MR) is 130 cm³/mol. The molecule has 0 heterocycles. The molecule has 0 aromatic rings. The molecule has 0 spiro atoms. The molecule has 2 fully saturated rings. The topological polar surface area (TPSA) is 52.6 Å². The minimum atomic E-state index is -0.356. The Kier molecular flexibility index (Phi) is 12.7. The molecule has 2 saturated carbocycles. The van der Waals surface area contributed by atoms with Gasteiger partial charge in [-0.3, -0.25) is 0 Å². The number of hydrogen-bond donors (Lipinski definition) is 0. The second kappa shape index (κ2) is 15.3. The van der Waals surface area contributed by atoms with E-state index in [0.717, 1.165) is 25.7 Å². The second-order valence-electron chi connectivity index (χ2n) is 9.99. The Hall–Kier alpha value is -1.58. The third-order valence-corrected chi connectivity index (χ3v) is 7.92. The van der Waals surface area contributed by atoms with Gasteiger partial charge in [-0.15, -0.1) is 0 Å².